The lowest BCUT2D eigenvalue weighted by Gasteiger charge is -2.39. The summed E-state index contributed by atoms with van der Waals surface area (Å²) in [7, 11) is 0. The van der Waals surface area contributed by atoms with Crippen LogP contribution in [0.2, 0.25) is 0 Å². The normalized spacial score (nSPS) is 31.0. The number of pyridine rings is 1. The molecule has 6 atom stereocenters. The first kappa shape index (κ1) is 33.8. The van der Waals surface area contributed by atoms with Gasteiger partial charge in [-0.2, -0.15) is 0 Å². The largest absolute Gasteiger partial charge is 0.457 e. The van der Waals surface area contributed by atoms with E-state index in [0.29, 0.717) is 0 Å². The zero-order valence-corrected chi connectivity index (χ0v) is 26.0. The summed E-state index contributed by atoms with van der Waals surface area (Å²) in [5.41, 5.74) is -4.59. The highest BCUT2D eigenvalue weighted by Gasteiger charge is 2.69. The monoisotopic (exact) mass is 597 g/mol. The number of aliphatic hydroxyl groups is 1. The fourth-order valence-electron chi connectivity index (χ4n) is 5.90. The second-order valence-corrected chi connectivity index (χ2v) is 12.9. The van der Waals surface area contributed by atoms with Crippen LogP contribution in [0.25, 0.3) is 0 Å². The van der Waals surface area contributed by atoms with Gasteiger partial charge in [-0.1, -0.05) is 39.5 Å². The zero-order valence-electron chi connectivity index (χ0n) is 26.0. The quantitative estimate of drug-likeness (QED) is 0.285. The van der Waals surface area contributed by atoms with Crippen LogP contribution in [0.5, 0.6) is 0 Å². The van der Waals surface area contributed by atoms with Gasteiger partial charge in [0.25, 0.3) is 0 Å². The van der Waals surface area contributed by atoms with E-state index in [9.17, 15) is 29.1 Å². The summed E-state index contributed by atoms with van der Waals surface area (Å²) < 4.78 is 17.6. The van der Waals surface area contributed by atoms with Gasteiger partial charge in [-0.3, -0.25) is 24.2 Å². The molecule has 234 valence electrons. The maximum Gasteiger partial charge on any atom is 0.340 e. The van der Waals surface area contributed by atoms with Gasteiger partial charge in [0, 0.05) is 49.9 Å². The van der Waals surface area contributed by atoms with Gasteiger partial charge < -0.3 is 19.3 Å². The van der Waals surface area contributed by atoms with E-state index in [1.165, 1.54) is 32.3 Å². The first-order valence-electron chi connectivity index (χ1n) is 14.6. The number of allylic oxidation sites excluding steroid dienone is 2. The third-order valence-electron chi connectivity index (χ3n) is 8.21. The maximum atomic E-state index is 14.2. The number of rotatable bonds is 6. The number of aromatic nitrogens is 1. The molecule has 2 aliphatic rings. The molecule has 43 heavy (non-hydrogen) atoms. The standard InChI is InChI=1S/C33H43NO9/c1-19(2)16-25(37)42-29-26-27(41-22(5)35)20(3)11-12-24(36)31(6,7)14-13-21(4)28(38)33(26,40)18-32(29,8)43-30(39)23-10-9-15-34-17-23/h9-10,13-15,17,19,21,26-27,29,40H,3,11-12,16,18H2,1-2,4-8H3. The zero-order chi connectivity index (χ0) is 32.3. The minimum absolute atomic E-state index is 0.00410. The number of ketones is 2. The maximum absolute atomic E-state index is 14.2. The van der Waals surface area contributed by atoms with Crippen LogP contribution in [0.15, 0.2) is 48.8 Å². The highest BCUT2D eigenvalue weighted by Crippen LogP contribution is 2.52. The lowest BCUT2D eigenvalue weighted by Crippen LogP contribution is -2.54. The molecule has 1 heterocycles. The summed E-state index contributed by atoms with van der Waals surface area (Å²) in [6, 6.07) is 3.04. The van der Waals surface area contributed by atoms with Gasteiger partial charge in [0.15, 0.2) is 17.5 Å². The molecule has 1 fully saturated rings. The van der Waals surface area contributed by atoms with Crippen molar-refractivity contribution in [2.24, 2.45) is 23.2 Å². The third-order valence-corrected chi connectivity index (χ3v) is 8.21. The predicted molar refractivity (Wildman–Crippen MR) is 156 cm³/mol. The number of hydrogen-bond acceptors (Lipinski definition) is 10. The number of Topliss-reactive ketones (excluding diaryl/α,β-unsaturated/α-hetero) is 2. The van der Waals surface area contributed by atoms with Crippen LogP contribution in [0.4, 0.5) is 0 Å². The first-order chi connectivity index (χ1) is 19.9. The summed E-state index contributed by atoms with van der Waals surface area (Å²) in [5, 5.41) is 12.4. The van der Waals surface area contributed by atoms with Gasteiger partial charge in [-0.15, -0.1) is 0 Å². The molecule has 1 aromatic rings. The molecule has 10 nitrogen and oxygen atoms in total. The summed E-state index contributed by atoms with van der Waals surface area (Å²) in [6.07, 6.45) is 2.88. The van der Waals surface area contributed by atoms with Gasteiger partial charge in [0.2, 0.25) is 0 Å². The molecule has 3 rings (SSSR count). The van der Waals surface area contributed by atoms with Gasteiger partial charge >= 0.3 is 17.9 Å². The van der Waals surface area contributed by atoms with Crippen LogP contribution in [-0.4, -0.2) is 63.0 Å². The van der Waals surface area contributed by atoms with Crippen molar-refractivity contribution in [3.8, 4) is 0 Å². The topological polar surface area (TPSA) is 146 Å². The molecule has 0 saturated heterocycles. The molecule has 1 aromatic heterocycles. The third kappa shape index (κ3) is 7.47. The van der Waals surface area contributed by atoms with Crippen molar-refractivity contribution in [2.45, 2.75) is 97.6 Å². The molecule has 1 N–H and O–H groups in total. The fraction of sp³-hybridized carbons (Fsp3) is 0.576. The smallest absolute Gasteiger partial charge is 0.340 e. The predicted octanol–water partition coefficient (Wildman–Crippen LogP) is 4.34. The summed E-state index contributed by atoms with van der Waals surface area (Å²) >= 11 is 0. The number of carbonyl (C=O) groups is 5. The van der Waals surface area contributed by atoms with E-state index in [2.05, 4.69) is 11.6 Å². The van der Waals surface area contributed by atoms with Gasteiger partial charge in [0.05, 0.1) is 11.5 Å². The highest BCUT2D eigenvalue weighted by atomic mass is 16.6. The Labute approximate surface area is 252 Å². The molecular weight excluding hydrogens is 554 g/mol. The van der Waals surface area contributed by atoms with Crippen molar-refractivity contribution in [1.82, 2.24) is 4.98 Å². The molecule has 10 heteroatoms. The molecule has 2 aliphatic carbocycles. The lowest BCUT2D eigenvalue weighted by molar-refractivity contribution is -0.178. The Balaban J connectivity index is 2.25. The minimum atomic E-state index is -2.30. The molecule has 0 aromatic carbocycles. The number of nitrogens with zero attached hydrogens (tertiary/aromatic N) is 1. The Morgan fingerprint density at radius 1 is 1.14 bits per heavy atom. The Kier molecular flexibility index (Phi) is 10.2. The Morgan fingerprint density at radius 2 is 1.81 bits per heavy atom. The van der Waals surface area contributed by atoms with Crippen LogP contribution in [-0.2, 0) is 33.4 Å². The fourth-order valence-corrected chi connectivity index (χ4v) is 5.90. The number of carbonyl (C=O) groups excluding carboxylic acids is 5. The molecule has 6 unspecified atom stereocenters. The van der Waals surface area contributed by atoms with Crippen molar-refractivity contribution in [2.75, 3.05) is 0 Å². The molecular formula is C33H43NO9. The number of fused-ring (bicyclic) bond motifs is 1. The molecule has 0 radical (unpaired) electrons. The van der Waals surface area contributed by atoms with Crippen LogP contribution >= 0.6 is 0 Å². The van der Waals surface area contributed by atoms with Gasteiger partial charge in [0.1, 0.15) is 17.5 Å². The van der Waals surface area contributed by atoms with Crippen LogP contribution in [0.1, 0.15) is 84.5 Å². The van der Waals surface area contributed by atoms with E-state index >= 15 is 0 Å². The summed E-state index contributed by atoms with van der Waals surface area (Å²) in [4.78, 5) is 70.2. The second kappa shape index (κ2) is 12.9. The van der Waals surface area contributed by atoms with Crippen LogP contribution in [0.3, 0.4) is 0 Å². The van der Waals surface area contributed by atoms with Crippen molar-refractivity contribution in [3.63, 3.8) is 0 Å². The van der Waals surface area contributed by atoms with E-state index < -0.39 is 70.8 Å². The Hall–Kier alpha value is -3.66. The molecule has 0 amide bonds. The summed E-state index contributed by atoms with van der Waals surface area (Å²) in [6.45, 7) is 15.4. The second-order valence-electron chi connectivity index (χ2n) is 12.9. The Morgan fingerprint density at radius 3 is 2.40 bits per heavy atom. The highest BCUT2D eigenvalue weighted by molar-refractivity contribution is 5.93. The first-order valence-corrected chi connectivity index (χ1v) is 14.6. The molecule has 0 bridgehead atoms. The van der Waals surface area contributed by atoms with E-state index in [0.717, 1.165) is 0 Å². The van der Waals surface area contributed by atoms with Crippen LogP contribution in [0, 0.1) is 23.2 Å². The van der Waals surface area contributed by atoms with E-state index in [1.807, 2.05) is 13.8 Å². The van der Waals surface area contributed by atoms with E-state index in [4.69, 9.17) is 14.2 Å². The molecule has 0 spiro atoms. The number of hydrogen-bond donors (Lipinski definition) is 1. The lowest BCUT2D eigenvalue weighted by atomic mass is 9.74. The van der Waals surface area contributed by atoms with Crippen LogP contribution < -0.4 is 0 Å². The SMILES string of the molecule is C=C1CCC(=O)C(C)(C)C=CC(C)C(=O)C2(O)CC(C)(OC(=O)c3cccnc3)C(OC(=O)CC(C)C)C2C1OC(C)=O. The Bertz CT molecular complexity index is 1300. The van der Waals surface area contributed by atoms with E-state index in [-0.39, 0.29) is 42.1 Å². The van der Waals surface area contributed by atoms with Gasteiger partial charge in [-0.05, 0) is 50.8 Å². The molecule has 1 saturated carbocycles. The number of ether oxygens (including phenoxy) is 3. The number of esters is 3. The van der Waals surface area contributed by atoms with E-state index in [1.54, 1.807) is 39.0 Å². The molecule has 0 aliphatic heterocycles. The average Bonchev–Trinajstić information content (AvgIpc) is 3.13. The minimum Gasteiger partial charge on any atom is -0.457 e. The van der Waals surface area contributed by atoms with Crippen molar-refractivity contribution >= 4 is 29.5 Å². The average molecular weight is 598 g/mol. The van der Waals surface area contributed by atoms with Crippen molar-refractivity contribution < 1.29 is 43.3 Å². The van der Waals surface area contributed by atoms with Gasteiger partial charge in [-0.25, -0.2) is 4.79 Å². The van der Waals surface area contributed by atoms with Crippen molar-refractivity contribution in [1.29, 1.82) is 0 Å². The van der Waals surface area contributed by atoms with Crippen molar-refractivity contribution in [3.05, 3.63) is 54.4 Å². The summed E-state index contributed by atoms with van der Waals surface area (Å²) in [5.74, 6) is -5.39.